The number of nitrogens with one attached hydrogen (secondary N) is 2. The van der Waals surface area contributed by atoms with Crippen LogP contribution in [0.5, 0.6) is 0 Å². The van der Waals surface area contributed by atoms with Crippen molar-refractivity contribution in [1.82, 2.24) is 10.6 Å². The van der Waals surface area contributed by atoms with E-state index in [1.807, 2.05) is 11.3 Å². The molecule has 0 radical (unpaired) electrons. The van der Waals surface area contributed by atoms with Gasteiger partial charge in [0.15, 0.2) is 0 Å². The zero-order chi connectivity index (χ0) is 11.2. The summed E-state index contributed by atoms with van der Waals surface area (Å²) in [4.78, 5) is 1.41. The van der Waals surface area contributed by atoms with Gasteiger partial charge < -0.3 is 10.6 Å². The van der Waals surface area contributed by atoms with Gasteiger partial charge in [0.05, 0.1) is 0 Å². The Morgan fingerprint density at radius 3 is 2.94 bits per heavy atom. The van der Waals surface area contributed by atoms with E-state index in [9.17, 15) is 0 Å². The second-order valence-electron chi connectivity index (χ2n) is 4.39. The Hall–Kier alpha value is 0.1000. The van der Waals surface area contributed by atoms with E-state index in [0.717, 1.165) is 19.0 Å². The SMILES string of the molecule is Brc1csc(CNCCC2CCNCC2)c1. The average molecular weight is 303 g/mol. The van der Waals surface area contributed by atoms with Crippen molar-refractivity contribution < 1.29 is 0 Å². The molecule has 2 N–H and O–H groups in total. The molecule has 1 fully saturated rings. The maximum Gasteiger partial charge on any atom is 0.0300 e. The fourth-order valence-electron chi connectivity index (χ4n) is 2.13. The molecule has 2 heterocycles. The predicted octanol–water partition coefficient (Wildman–Crippen LogP) is 2.99. The molecule has 4 heteroatoms. The van der Waals surface area contributed by atoms with Crippen molar-refractivity contribution in [2.24, 2.45) is 5.92 Å². The monoisotopic (exact) mass is 302 g/mol. The maximum absolute atomic E-state index is 3.53. The normalized spacial score (nSPS) is 17.8. The number of rotatable bonds is 5. The van der Waals surface area contributed by atoms with Gasteiger partial charge in [0.2, 0.25) is 0 Å². The zero-order valence-corrected chi connectivity index (χ0v) is 11.9. The highest BCUT2D eigenvalue weighted by Crippen LogP contribution is 2.19. The molecule has 1 saturated heterocycles. The number of thiophene rings is 1. The first-order valence-corrected chi connectivity index (χ1v) is 7.66. The van der Waals surface area contributed by atoms with Crippen molar-refractivity contribution in [2.75, 3.05) is 19.6 Å². The molecule has 0 spiro atoms. The van der Waals surface area contributed by atoms with Crippen LogP contribution < -0.4 is 10.6 Å². The molecule has 0 aromatic carbocycles. The third kappa shape index (κ3) is 4.17. The molecule has 2 nitrogen and oxygen atoms in total. The summed E-state index contributed by atoms with van der Waals surface area (Å²) in [6.07, 6.45) is 4.03. The van der Waals surface area contributed by atoms with E-state index < -0.39 is 0 Å². The number of halogens is 1. The molecule has 0 saturated carbocycles. The molecule has 1 aromatic heterocycles. The molecule has 1 aromatic rings. The first-order valence-electron chi connectivity index (χ1n) is 5.99. The molecule has 0 bridgehead atoms. The highest BCUT2D eigenvalue weighted by molar-refractivity contribution is 9.10. The largest absolute Gasteiger partial charge is 0.317 e. The Labute approximate surface area is 110 Å². The van der Waals surface area contributed by atoms with Crippen LogP contribution in [0.4, 0.5) is 0 Å². The molecule has 0 aliphatic carbocycles. The first-order chi connectivity index (χ1) is 7.84. The Kier molecular flexibility index (Phi) is 5.29. The van der Waals surface area contributed by atoms with E-state index in [-0.39, 0.29) is 0 Å². The lowest BCUT2D eigenvalue weighted by molar-refractivity contribution is 0.348. The second-order valence-corrected chi connectivity index (χ2v) is 6.30. The van der Waals surface area contributed by atoms with Crippen LogP contribution in [0.3, 0.4) is 0 Å². The average Bonchev–Trinajstić information content (AvgIpc) is 2.72. The van der Waals surface area contributed by atoms with E-state index >= 15 is 0 Å². The molecule has 90 valence electrons. The maximum atomic E-state index is 3.53. The lowest BCUT2D eigenvalue weighted by atomic mass is 9.95. The van der Waals surface area contributed by atoms with Crippen LogP contribution in [-0.2, 0) is 6.54 Å². The summed E-state index contributed by atoms with van der Waals surface area (Å²) in [5, 5.41) is 9.08. The Morgan fingerprint density at radius 2 is 2.25 bits per heavy atom. The quantitative estimate of drug-likeness (QED) is 0.817. The molecule has 1 aliphatic heterocycles. The van der Waals surface area contributed by atoms with Crippen molar-refractivity contribution in [1.29, 1.82) is 0 Å². The van der Waals surface area contributed by atoms with E-state index in [1.54, 1.807) is 0 Å². The van der Waals surface area contributed by atoms with Crippen molar-refractivity contribution in [3.05, 3.63) is 20.8 Å². The van der Waals surface area contributed by atoms with Crippen LogP contribution in [0.15, 0.2) is 15.9 Å². The molecular weight excluding hydrogens is 284 g/mol. The first kappa shape index (κ1) is 12.6. The van der Waals surface area contributed by atoms with Crippen LogP contribution >= 0.6 is 27.3 Å². The van der Waals surface area contributed by atoms with Gasteiger partial charge in [-0.05, 0) is 66.8 Å². The number of hydrogen-bond acceptors (Lipinski definition) is 3. The molecule has 2 rings (SSSR count). The Balaban J connectivity index is 1.57. The Bertz CT molecular complexity index is 308. The molecule has 16 heavy (non-hydrogen) atoms. The van der Waals surface area contributed by atoms with Crippen LogP contribution in [-0.4, -0.2) is 19.6 Å². The molecule has 0 unspecified atom stereocenters. The fraction of sp³-hybridized carbons (Fsp3) is 0.667. The summed E-state index contributed by atoms with van der Waals surface area (Å²) in [6.45, 7) is 4.59. The van der Waals surface area contributed by atoms with Gasteiger partial charge in [-0.1, -0.05) is 0 Å². The molecular formula is C12H19BrN2S. The topological polar surface area (TPSA) is 24.1 Å². The zero-order valence-electron chi connectivity index (χ0n) is 9.47. The third-order valence-corrected chi connectivity index (χ3v) is 4.81. The predicted molar refractivity (Wildman–Crippen MR) is 73.9 cm³/mol. The lowest BCUT2D eigenvalue weighted by Crippen LogP contribution is -2.29. The van der Waals surface area contributed by atoms with E-state index in [4.69, 9.17) is 0 Å². The Morgan fingerprint density at radius 1 is 1.44 bits per heavy atom. The molecule has 0 amide bonds. The van der Waals surface area contributed by atoms with Crippen molar-refractivity contribution in [3.63, 3.8) is 0 Å². The summed E-state index contributed by atoms with van der Waals surface area (Å²) in [7, 11) is 0. The van der Waals surface area contributed by atoms with E-state index in [0.29, 0.717) is 0 Å². The second kappa shape index (κ2) is 6.74. The van der Waals surface area contributed by atoms with Crippen LogP contribution in [0, 0.1) is 5.92 Å². The van der Waals surface area contributed by atoms with Gasteiger partial charge in [-0.15, -0.1) is 11.3 Å². The van der Waals surface area contributed by atoms with Gasteiger partial charge in [-0.25, -0.2) is 0 Å². The number of piperidine rings is 1. The minimum atomic E-state index is 0.934. The summed E-state index contributed by atoms with van der Waals surface area (Å²) < 4.78 is 1.20. The summed E-state index contributed by atoms with van der Waals surface area (Å²) >= 11 is 5.30. The van der Waals surface area contributed by atoms with Crippen LogP contribution in [0.2, 0.25) is 0 Å². The summed E-state index contributed by atoms with van der Waals surface area (Å²) in [6, 6.07) is 2.20. The molecule has 1 aliphatic rings. The minimum Gasteiger partial charge on any atom is -0.317 e. The molecule has 0 atom stereocenters. The lowest BCUT2D eigenvalue weighted by Gasteiger charge is -2.22. The van der Waals surface area contributed by atoms with E-state index in [1.165, 1.54) is 41.7 Å². The number of hydrogen-bond donors (Lipinski definition) is 2. The van der Waals surface area contributed by atoms with Gasteiger partial charge in [0, 0.05) is 21.3 Å². The van der Waals surface area contributed by atoms with Gasteiger partial charge in [-0.3, -0.25) is 0 Å². The van der Waals surface area contributed by atoms with Crippen molar-refractivity contribution in [2.45, 2.75) is 25.8 Å². The van der Waals surface area contributed by atoms with Crippen molar-refractivity contribution >= 4 is 27.3 Å². The summed E-state index contributed by atoms with van der Waals surface area (Å²) in [5.74, 6) is 0.934. The van der Waals surface area contributed by atoms with Gasteiger partial charge in [-0.2, -0.15) is 0 Å². The smallest absolute Gasteiger partial charge is 0.0300 e. The van der Waals surface area contributed by atoms with Crippen LogP contribution in [0.25, 0.3) is 0 Å². The fourth-order valence-corrected chi connectivity index (χ4v) is 3.56. The van der Waals surface area contributed by atoms with Crippen LogP contribution in [0.1, 0.15) is 24.1 Å². The van der Waals surface area contributed by atoms with Gasteiger partial charge >= 0.3 is 0 Å². The van der Waals surface area contributed by atoms with Crippen molar-refractivity contribution in [3.8, 4) is 0 Å². The standard InChI is InChI=1S/C12H19BrN2S/c13-11-7-12(16-9-11)8-15-6-3-10-1-4-14-5-2-10/h7,9-10,14-15H,1-6,8H2. The van der Waals surface area contributed by atoms with E-state index in [2.05, 4.69) is 38.0 Å². The highest BCUT2D eigenvalue weighted by Gasteiger charge is 2.11. The third-order valence-electron chi connectivity index (χ3n) is 3.11. The minimum absolute atomic E-state index is 0.934. The highest BCUT2D eigenvalue weighted by atomic mass is 79.9. The summed E-state index contributed by atoms with van der Waals surface area (Å²) in [5.41, 5.74) is 0. The van der Waals surface area contributed by atoms with Gasteiger partial charge in [0.25, 0.3) is 0 Å². The van der Waals surface area contributed by atoms with Gasteiger partial charge in [0.1, 0.15) is 0 Å².